The van der Waals surface area contributed by atoms with Gasteiger partial charge in [-0.05, 0) is 59.2 Å². The van der Waals surface area contributed by atoms with Gasteiger partial charge in [-0.25, -0.2) is 4.98 Å². The summed E-state index contributed by atoms with van der Waals surface area (Å²) in [5, 5.41) is 5.77. The Kier molecular flexibility index (Phi) is 5.74. The van der Waals surface area contributed by atoms with Crippen LogP contribution in [0.1, 0.15) is 0 Å². The summed E-state index contributed by atoms with van der Waals surface area (Å²) in [6.07, 6.45) is 0. The summed E-state index contributed by atoms with van der Waals surface area (Å²) >= 11 is 1.74. The minimum atomic E-state index is 0.895. The number of fused-ring (bicyclic) bond motifs is 8. The average Bonchev–Trinajstić information content (AvgIpc) is 3.84. The highest BCUT2D eigenvalue weighted by molar-refractivity contribution is 7.22. The summed E-state index contributed by atoms with van der Waals surface area (Å²) in [5.41, 5.74) is 12.1. The molecular formula is C43H26N2OS. The first-order chi connectivity index (χ1) is 23.3. The first-order valence-electron chi connectivity index (χ1n) is 15.8. The van der Waals surface area contributed by atoms with Gasteiger partial charge in [0.2, 0.25) is 0 Å². The summed E-state index contributed by atoms with van der Waals surface area (Å²) in [6, 6.07) is 55.9. The van der Waals surface area contributed by atoms with Gasteiger partial charge in [0.15, 0.2) is 0 Å². The van der Waals surface area contributed by atoms with E-state index in [9.17, 15) is 0 Å². The molecule has 0 aliphatic rings. The van der Waals surface area contributed by atoms with Crippen LogP contribution in [0.5, 0.6) is 0 Å². The summed E-state index contributed by atoms with van der Waals surface area (Å²) < 4.78 is 9.88. The van der Waals surface area contributed by atoms with Crippen molar-refractivity contribution in [3.63, 3.8) is 0 Å². The van der Waals surface area contributed by atoms with Crippen molar-refractivity contribution >= 4 is 65.3 Å². The molecule has 0 unspecified atom stereocenters. The Hall–Kier alpha value is -5.97. The van der Waals surface area contributed by atoms with E-state index in [1.165, 1.54) is 38.6 Å². The first kappa shape index (κ1) is 26.3. The largest absolute Gasteiger partial charge is 0.456 e. The summed E-state index contributed by atoms with van der Waals surface area (Å²) in [6.45, 7) is 0. The van der Waals surface area contributed by atoms with Crippen molar-refractivity contribution in [1.82, 2.24) is 9.55 Å². The lowest BCUT2D eigenvalue weighted by atomic mass is 10.0. The van der Waals surface area contributed by atoms with E-state index in [4.69, 9.17) is 9.40 Å². The zero-order valence-electron chi connectivity index (χ0n) is 25.2. The van der Waals surface area contributed by atoms with Gasteiger partial charge in [-0.15, -0.1) is 11.3 Å². The number of rotatable bonds is 4. The van der Waals surface area contributed by atoms with Crippen LogP contribution in [0.4, 0.5) is 0 Å². The number of furan rings is 1. The van der Waals surface area contributed by atoms with Crippen LogP contribution in [0.2, 0.25) is 0 Å². The van der Waals surface area contributed by atoms with Gasteiger partial charge in [0.05, 0.1) is 21.3 Å². The number of aromatic nitrogens is 2. The molecule has 0 fully saturated rings. The molecule has 0 N–H and O–H groups in total. The van der Waals surface area contributed by atoms with Crippen LogP contribution >= 0.6 is 11.3 Å². The molecule has 0 amide bonds. The minimum absolute atomic E-state index is 0.895. The van der Waals surface area contributed by atoms with Gasteiger partial charge in [-0.1, -0.05) is 115 Å². The zero-order valence-corrected chi connectivity index (χ0v) is 26.0. The molecule has 0 aliphatic carbocycles. The zero-order chi connectivity index (χ0) is 30.9. The Balaban J connectivity index is 1.10. The highest BCUT2D eigenvalue weighted by atomic mass is 32.1. The lowest BCUT2D eigenvalue weighted by Crippen LogP contribution is -1.92. The SMILES string of the molecule is c1ccc(-c2cc3oc4ccccc4c3c3sc(-c4ccc(-c5ccc6c(c5)c5ccccc5n6-c5ccccc5)cc4)nc23)cc1. The van der Waals surface area contributed by atoms with E-state index in [-0.39, 0.29) is 0 Å². The molecule has 0 atom stereocenters. The number of benzene rings is 7. The second-order valence-corrected chi connectivity index (χ2v) is 13.0. The molecule has 0 aliphatic heterocycles. The van der Waals surface area contributed by atoms with Crippen molar-refractivity contribution in [3.05, 3.63) is 158 Å². The van der Waals surface area contributed by atoms with E-state index in [0.717, 1.165) is 53.9 Å². The van der Waals surface area contributed by atoms with Gasteiger partial charge in [-0.2, -0.15) is 0 Å². The van der Waals surface area contributed by atoms with E-state index in [0.29, 0.717) is 0 Å². The Morgan fingerprint density at radius 1 is 0.489 bits per heavy atom. The fourth-order valence-corrected chi connectivity index (χ4v) is 8.20. The fraction of sp³-hybridized carbons (Fsp3) is 0. The van der Waals surface area contributed by atoms with Gasteiger partial charge in [0, 0.05) is 38.4 Å². The molecule has 10 aromatic rings. The van der Waals surface area contributed by atoms with Gasteiger partial charge >= 0.3 is 0 Å². The molecule has 4 heteroatoms. The highest BCUT2D eigenvalue weighted by Gasteiger charge is 2.20. The molecular weight excluding hydrogens is 593 g/mol. The molecule has 0 saturated carbocycles. The van der Waals surface area contributed by atoms with Crippen LogP contribution in [-0.2, 0) is 0 Å². The van der Waals surface area contributed by atoms with E-state index >= 15 is 0 Å². The molecule has 3 heterocycles. The number of hydrogen-bond donors (Lipinski definition) is 0. The number of thiazole rings is 1. The first-order valence-corrected chi connectivity index (χ1v) is 16.6. The number of hydrogen-bond acceptors (Lipinski definition) is 3. The van der Waals surface area contributed by atoms with Crippen LogP contribution in [-0.4, -0.2) is 9.55 Å². The van der Waals surface area contributed by atoms with Crippen molar-refractivity contribution in [2.75, 3.05) is 0 Å². The molecule has 0 saturated heterocycles. The molecule has 0 spiro atoms. The highest BCUT2D eigenvalue weighted by Crippen LogP contribution is 2.44. The van der Waals surface area contributed by atoms with Crippen molar-refractivity contribution in [1.29, 1.82) is 0 Å². The molecule has 220 valence electrons. The number of para-hydroxylation sites is 3. The van der Waals surface area contributed by atoms with E-state index in [1.54, 1.807) is 11.3 Å². The monoisotopic (exact) mass is 618 g/mol. The summed E-state index contributed by atoms with van der Waals surface area (Å²) in [7, 11) is 0. The topological polar surface area (TPSA) is 31.0 Å². The average molecular weight is 619 g/mol. The summed E-state index contributed by atoms with van der Waals surface area (Å²) in [5.74, 6) is 0. The Morgan fingerprint density at radius 3 is 1.98 bits per heavy atom. The number of nitrogens with zero attached hydrogens (tertiary/aromatic N) is 2. The van der Waals surface area contributed by atoms with Gasteiger partial charge in [0.1, 0.15) is 16.2 Å². The standard InChI is InChI=1S/C43H26N2OS/c1-3-11-28(12-4-1)34-26-39-40(33-16-8-10-18-38(33)46-39)42-41(34)44-43(47-42)29-21-19-27(20-22-29)30-23-24-37-35(25-30)32-15-7-9-17-36(32)45(37)31-13-5-2-6-14-31/h1-26H. The van der Waals surface area contributed by atoms with Crippen LogP contribution < -0.4 is 0 Å². The van der Waals surface area contributed by atoms with Crippen LogP contribution in [0.15, 0.2) is 162 Å². The quantitative estimate of drug-likeness (QED) is 0.196. The lowest BCUT2D eigenvalue weighted by molar-refractivity contribution is 0.669. The molecule has 3 nitrogen and oxygen atoms in total. The predicted octanol–water partition coefficient (Wildman–Crippen LogP) is 12.3. The third kappa shape index (κ3) is 4.09. The third-order valence-electron chi connectivity index (χ3n) is 9.24. The predicted molar refractivity (Wildman–Crippen MR) is 198 cm³/mol. The molecule has 0 radical (unpaired) electrons. The Morgan fingerprint density at radius 2 is 1.15 bits per heavy atom. The molecule has 47 heavy (non-hydrogen) atoms. The molecule has 3 aromatic heterocycles. The van der Waals surface area contributed by atoms with Gasteiger partial charge in [-0.3, -0.25) is 0 Å². The maximum absolute atomic E-state index is 6.36. The lowest BCUT2D eigenvalue weighted by Gasteiger charge is -2.08. The minimum Gasteiger partial charge on any atom is -0.456 e. The van der Waals surface area contributed by atoms with Crippen molar-refractivity contribution in [3.8, 4) is 38.5 Å². The summed E-state index contributed by atoms with van der Waals surface area (Å²) in [4.78, 5) is 5.28. The van der Waals surface area contributed by atoms with Crippen LogP contribution in [0.25, 0.3) is 92.5 Å². The van der Waals surface area contributed by atoms with E-state index < -0.39 is 0 Å². The molecule has 10 rings (SSSR count). The van der Waals surface area contributed by atoms with Crippen molar-refractivity contribution < 1.29 is 4.42 Å². The Bertz CT molecular complexity index is 2770. The third-order valence-corrected chi connectivity index (χ3v) is 10.4. The van der Waals surface area contributed by atoms with Crippen molar-refractivity contribution in [2.45, 2.75) is 0 Å². The van der Waals surface area contributed by atoms with Crippen LogP contribution in [0, 0.1) is 0 Å². The van der Waals surface area contributed by atoms with Crippen molar-refractivity contribution in [2.24, 2.45) is 0 Å². The maximum Gasteiger partial charge on any atom is 0.137 e. The maximum atomic E-state index is 6.36. The van der Waals surface area contributed by atoms with E-state index in [1.807, 2.05) is 18.2 Å². The van der Waals surface area contributed by atoms with Crippen LogP contribution in [0.3, 0.4) is 0 Å². The smallest absolute Gasteiger partial charge is 0.137 e. The van der Waals surface area contributed by atoms with Gasteiger partial charge in [0.25, 0.3) is 0 Å². The second kappa shape index (κ2) is 10.3. The molecule has 0 bridgehead atoms. The normalized spacial score (nSPS) is 11.8. The fourth-order valence-electron chi connectivity index (χ4n) is 7.05. The molecule has 7 aromatic carbocycles. The Labute approximate surface area is 274 Å². The second-order valence-electron chi connectivity index (χ2n) is 12.0. The van der Waals surface area contributed by atoms with E-state index in [2.05, 4.69) is 144 Å². The van der Waals surface area contributed by atoms with Gasteiger partial charge < -0.3 is 8.98 Å².